The molecule has 8 heteroatoms. The molecule has 0 aliphatic rings. The lowest BCUT2D eigenvalue weighted by atomic mass is 10.1. The van der Waals surface area contributed by atoms with Crippen LogP contribution >= 0.6 is 0 Å². The number of hydrogen-bond donors (Lipinski definition) is 1. The first-order chi connectivity index (χ1) is 15.2. The SMILES string of the molecule is COc1ccc(CNC(=O)c2nnn(-c3ccc(OC)cc3)c2-c2cccnc2)cc1. The molecule has 2 heterocycles. The molecule has 8 nitrogen and oxygen atoms in total. The third-order valence-corrected chi connectivity index (χ3v) is 4.75. The maximum absolute atomic E-state index is 13.0. The van der Waals surface area contributed by atoms with Gasteiger partial charge in [0.2, 0.25) is 0 Å². The fraction of sp³-hybridized carbons (Fsp3) is 0.130. The molecule has 0 saturated carbocycles. The van der Waals surface area contributed by atoms with Crippen molar-refractivity contribution < 1.29 is 14.3 Å². The normalized spacial score (nSPS) is 10.5. The molecule has 0 aliphatic carbocycles. The summed E-state index contributed by atoms with van der Waals surface area (Å²) in [7, 11) is 3.22. The van der Waals surface area contributed by atoms with Gasteiger partial charge in [-0.15, -0.1) is 5.10 Å². The Morgan fingerprint density at radius 3 is 2.26 bits per heavy atom. The zero-order chi connectivity index (χ0) is 21.6. The Morgan fingerprint density at radius 2 is 1.65 bits per heavy atom. The molecular formula is C23H21N5O3. The van der Waals surface area contributed by atoms with E-state index in [0.29, 0.717) is 12.2 Å². The van der Waals surface area contributed by atoms with Crippen LogP contribution in [0.3, 0.4) is 0 Å². The molecule has 156 valence electrons. The monoisotopic (exact) mass is 415 g/mol. The molecule has 1 N–H and O–H groups in total. The number of nitrogens with one attached hydrogen (secondary N) is 1. The number of amides is 1. The molecule has 0 saturated heterocycles. The fourth-order valence-electron chi connectivity index (χ4n) is 3.11. The van der Waals surface area contributed by atoms with Gasteiger partial charge in [0.05, 0.1) is 19.9 Å². The number of methoxy groups -OCH3 is 2. The van der Waals surface area contributed by atoms with Crippen molar-refractivity contribution in [2.24, 2.45) is 0 Å². The van der Waals surface area contributed by atoms with Gasteiger partial charge < -0.3 is 14.8 Å². The van der Waals surface area contributed by atoms with Crippen LogP contribution in [-0.2, 0) is 6.54 Å². The average molecular weight is 415 g/mol. The maximum atomic E-state index is 13.0. The van der Waals surface area contributed by atoms with Crippen molar-refractivity contribution in [2.75, 3.05) is 14.2 Å². The minimum Gasteiger partial charge on any atom is -0.497 e. The highest BCUT2D eigenvalue weighted by Gasteiger charge is 2.22. The Kier molecular flexibility index (Phi) is 5.89. The van der Waals surface area contributed by atoms with Crippen LogP contribution in [0.15, 0.2) is 73.1 Å². The highest BCUT2D eigenvalue weighted by molar-refractivity contribution is 5.98. The van der Waals surface area contributed by atoms with Gasteiger partial charge in [-0.1, -0.05) is 17.3 Å². The first kappa shape index (κ1) is 20.1. The van der Waals surface area contributed by atoms with Crippen LogP contribution in [0.4, 0.5) is 0 Å². The summed E-state index contributed by atoms with van der Waals surface area (Å²) in [4.78, 5) is 17.2. The quantitative estimate of drug-likeness (QED) is 0.498. The van der Waals surface area contributed by atoms with Crippen molar-refractivity contribution in [2.45, 2.75) is 6.54 Å². The molecule has 0 spiro atoms. The lowest BCUT2D eigenvalue weighted by Crippen LogP contribution is -2.24. The largest absolute Gasteiger partial charge is 0.497 e. The predicted octanol–water partition coefficient (Wildman–Crippen LogP) is 3.28. The number of aromatic nitrogens is 4. The molecule has 0 bridgehead atoms. The molecule has 2 aromatic heterocycles. The van der Waals surface area contributed by atoms with Crippen molar-refractivity contribution in [1.82, 2.24) is 25.3 Å². The first-order valence-electron chi connectivity index (χ1n) is 9.61. The molecule has 0 aliphatic heterocycles. The number of carbonyl (C=O) groups excluding carboxylic acids is 1. The van der Waals surface area contributed by atoms with E-state index in [1.54, 1.807) is 37.4 Å². The zero-order valence-electron chi connectivity index (χ0n) is 17.1. The van der Waals surface area contributed by atoms with Gasteiger partial charge in [0.25, 0.3) is 5.91 Å². The van der Waals surface area contributed by atoms with Crippen molar-refractivity contribution >= 4 is 5.91 Å². The van der Waals surface area contributed by atoms with Gasteiger partial charge in [-0.2, -0.15) is 0 Å². The smallest absolute Gasteiger partial charge is 0.274 e. The Morgan fingerprint density at radius 1 is 0.968 bits per heavy atom. The van der Waals surface area contributed by atoms with Gasteiger partial charge in [-0.3, -0.25) is 9.78 Å². The van der Waals surface area contributed by atoms with Crippen LogP contribution in [0.1, 0.15) is 16.1 Å². The molecule has 1 amide bonds. The Bertz CT molecular complexity index is 1160. The van der Waals surface area contributed by atoms with Gasteiger partial charge in [-0.25, -0.2) is 4.68 Å². The summed E-state index contributed by atoms with van der Waals surface area (Å²) in [6, 6.07) is 18.5. The molecule has 0 radical (unpaired) electrons. The molecule has 4 aromatic rings. The molecule has 31 heavy (non-hydrogen) atoms. The topological polar surface area (TPSA) is 91.2 Å². The zero-order valence-corrected chi connectivity index (χ0v) is 17.1. The van der Waals surface area contributed by atoms with E-state index in [4.69, 9.17) is 9.47 Å². The van der Waals surface area contributed by atoms with E-state index < -0.39 is 0 Å². The summed E-state index contributed by atoms with van der Waals surface area (Å²) in [5.74, 6) is 1.16. The highest BCUT2D eigenvalue weighted by Crippen LogP contribution is 2.25. The van der Waals surface area contributed by atoms with Crippen molar-refractivity contribution in [1.29, 1.82) is 0 Å². The standard InChI is InChI=1S/C23H21N5O3/c1-30-19-9-5-16(6-10-19)14-25-23(29)21-22(17-4-3-13-24-15-17)28(27-26-21)18-7-11-20(31-2)12-8-18/h3-13,15H,14H2,1-2H3,(H,25,29). The van der Waals surface area contributed by atoms with Crippen LogP contribution < -0.4 is 14.8 Å². The van der Waals surface area contributed by atoms with Gasteiger partial charge in [0.1, 0.15) is 17.2 Å². The summed E-state index contributed by atoms with van der Waals surface area (Å²) < 4.78 is 12.0. The minimum absolute atomic E-state index is 0.220. The Balaban J connectivity index is 1.64. The van der Waals surface area contributed by atoms with Crippen LogP contribution in [0.2, 0.25) is 0 Å². The van der Waals surface area contributed by atoms with E-state index >= 15 is 0 Å². The Hall–Kier alpha value is -4.20. The van der Waals surface area contributed by atoms with Gasteiger partial charge in [-0.05, 0) is 54.1 Å². The number of hydrogen-bond acceptors (Lipinski definition) is 6. The summed E-state index contributed by atoms with van der Waals surface area (Å²) >= 11 is 0. The van der Waals surface area contributed by atoms with E-state index in [9.17, 15) is 4.79 Å². The van der Waals surface area contributed by atoms with Gasteiger partial charge in [0, 0.05) is 24.5 Å². The fourth-order valence-corrected chi connectivity index (χ4v) is 3.11. The summed E-state index contributed by atoms with van der Waals surface area (Å²) in [6.07, 6.45) is 3.35. The molecule has 2 aromatic carbocycles. The van der Waals surface area contributed by atoms with E-state index in [1.165, 1.54) is 0 Å². The summed E-state index contributed by atoms with van der Waals surface area (Å²) in [6.45, 7) is 0.352. The second-order valence-electron chi connectivity index (χ2n) is 6.67. The van der Waals surface area contributed by atoms with Crippen LogP contribution in [0.5, 0.6) is 11.5 Å². The molecular weight excluding hydrogens is 394 g/mol. The number of benzene rings is 2. The van der Waals surface area contributed by atoms with Gasteiger partial charge in [0.15, 0.2) is 5.69 Å². The number of carbonyl (C=O) groups is 1. The summed E-state index contributed by atoms with van der Waals surface area (Å²) in [5.41, 5.74) is 3.21. The number of ether oxygens (including phenoxy) is 2. The van der Waals surface area contributed by atoms with Crippen LogP contribution in [0, 0.1) is 0 Å². The predicted molar refractivity (Wildman–Crippen MR) is 115 cm³/mol. The van der Waals surface area contributed by atoms with Crippen LogP contribution in [0.25, 0.3) is 16.9 Å². The molecule has 4 rings (SSSR count). The van der Waals surface area contributed by atoms with Crippen molar-refractivity contribution in [3.05, 3.63) is 84.3 Å². The average Bonchev–Trinajstić information content (AvgIpc) is 3.29. The molecule has 0 unspecified atom stereocenters. The lowest BCUT2D eigenvalue weighted by Gasteiger charge is -2.09. The highest BCUT2D eigenvalue weighted by atomic mass is 16.5. The third-order valence-electron chi connectivity index (χ3n) is 4.75. The lowest BCUT2D eigenvalue weighted by molar-refractivity contribution is 0.0946. The maximum Gasteiger partial charge on any atom is 0.274 e. The first-order valence-corrected chi connectivity index (χ1v) is 9.61. The van der Waals surface area contributed by atoms with E-state index in [0.717, 1.165) is 28.3 Å². The minimum atomic E-state index is -0.325. The second kappa shape index (κ2) is 9.08. The van der Waals surface area contributed by atoms with Crippen molar-refractivity contribution in [3.8, 4) is 28.4 Å². The molecule has 0 atom stereocenters. The number of rotatable bonds is 7. The van der Waals surface area contributed by atoms with E-state index in [1.807, 2.05) is 54.6 Å². The molecule has 0 fully saturated rings. The summed E-state index contributed by atoms with van der Waals surface area (Å²) in [5, 5.41) is 11.3. The van der Waals surface area contributed by atoms with Crippen molar-refractivity contribution in [3.63, 3.8) is 0 Å². The number of nitrogens with zero attached hydrogens (tertiary/aromatic N) is 4. The van der Waals surface area contributed by atoms with Gasteiger partial charge >= 0.3 is 0 Å². The Labute approximate surface area is 179 Å². The third kappa shape index (κ3) is 4.37. The number of pyridine rings is 1. The van der Waals surface area contributed by atoms with E-state index in [-0.39, 0.29) is 11.6 Å². The van der Waals surface area contributed by atoms with Crippen LogP contribution in [-0.4, -0.2) is 40.1 Å². The second-order valence-corrected chi connectivity index (χ2v) is 6.67. The van der Waals surface area contributed by atoms with E-state index in [2.05, 4.69) is 20.6 Å².